The molecule has 1 rings (SSSR count). The van der Waals surface area contributed by atoms with E-state index in [-0.39, 0.29) is 0 Å². The highest BCUT2D eigenvalue weighted by molar-refractivity contribution is 9.13. The molecule has 3 N–H and O–H groups in total. The van der Waals surface area contributed by atoms with Crippen LogP contribution in [0.3, 0.4) is 0 Å². The van der Waals surface area contributed by atoms with Crippen molar-refractivity contribution in [2.45, 2.75) is 12.8 Å². The van der Waals surface area contributed by atoms with E-state index in [0.717, 1.165) is 27.4 Å². The van der Waals surface area contributed by atoms with Gasteiger partial charge in [-0.15, -0.1) is 0 Å². The zero-order valence-corrected chi connectivity index (χ0v) is 10.2. The fraction of sp³-hybridized carbons (Fsp3) is 0.333. The molecule has 0 spiro atoms. The Hall–Kier alpha value is -0.0600. The van der Waals surface area contributed by atoms with E-state index in [1.807, 2.05) is 6.07 Å². The minimum Gasteiger partial charge on any atom is -0.508 e. The van der Waals surface area contributed by atoms with E-state index in [1.54, 1.807) is 6.07 Å². The number of hydrogen-bond donors (Lipinski definition) is 2. The lowest BCUT2D eigenvalue weighted by Gasteiger charge is -2.05. The largest absolute Gasteiger partial charge is 0.508 e. The van der Waals surface area contributed by atoms with Gasteiger partial charge < -0.3 is 10.8 Å². The van der Waals surface area contributed by atoms with Crippen LogP contribution in [0, 0.1) is 0 Å². The van der Waals surface area contributed by atoms with Crippen LogP contribution in [0.4, 0.5) is 0 Å². The van der Waals surface area contributed by atoms with E-state index in [0.29, 0.717) is 12.3 Å². The average molecular weight is 309 g/mol. The Morgan fingerprint density at radius 2 is 1.85 bits per heavy atom. The van der Waals surface area contributed by atoms with Crippen molar-refractivity contribution in [3.05, 3.63) is 26.6 Å². The molecular weight excluding hydrogens is 298 g/mol. The van der Waals surface area contributed by atoms with Crippen LogP contribution in [-0.4, -0.2) is 11.7 Å². The van der Waals surface area contributed by atoms with E-state index in [4.69, 9.17) is 5.73 Å². The quantitative estimate of drug-likeness (QED) is 0.902. The molecule has 0 aliphatic carbocycles. The van der Waals surface area contributed by atoms with Crippen LogP contribution in [0.2, 0.25) is 0 Å². The van der Waals surface area contributed by atoms with Gasteiger partial charge in [-0.2, -0.15) is 0 Å². The highest BCUT2D eigenvalue weighted by atomic mass is 79.9. The fourth-order valence-electron chi connectivity index (χ4n) is 1.07. The van der Waals surface area contributed by atoms with Crippen LogP contribution in [0.1, 0.15) is 12.0 Å². The highest BCUT2D eigenvalue weighted by Gasteiger charge is 2.04. The number of phenols is 1. The Bertz CT molecular complexity index is 302. The maximum absolute atomic E-state index is 9.55. The zero-order valence-electron chi connectivity index (χ0n) is 7.06. The van der Waals surface area contributed by atoms with Crippen LogP contribution < -0.4 is 5.73 Å². The van der Waals surface area contributed by atoms with Crippen molar-refractivity contribution >= 4 is 31.9 Å². The second kappa shape index (κ2) is 4.98. The van der Waals surface area contributed by atoms with Crippen molar-refractivity contribution in [3.8, 4) is 5.75 Å². The van der Waals surface area contributed by atoms with E-state index in [1.165, 1.54) is 0 Å². The molecule has 0 atom stereocenters. The molecule has 0 bridgehead atoms. The molecule has 0 saturated heterocycles. The van der Waals surface area contributed by atoms with Gasteiger partial charge in [0.05, 0.1) is 0 Å². The smallest absolute Gasteiger partial charge is 0.119 e. The van der Waals surface area contributed by atoms with Gasteiger partial charge in [0.1, 0.15) is 5.75 Å². The summed E-state index contributed by atoms with van der Waals surface area (Å²) >= 11 is 6.70. The minimum atomic E-state index is 0.323. The number of aryl methyl sites for hydroxylation is 1. The van der Waals surface area contributed by atoms with E-state index in [9.17, 15) is 5.11 Å². The van der Waals surface area contributed by atoms with Gasteiger partial charge in [-0.05, 0) is 68.9 Å². The van der Waals surface area contributed by atoms with E-state index >= 15 is 0 Å². The molecule has 1 aromatic carbocycles. The van der Waals surface area contributed by atoms with Crippen molar-refractivity contribution in [3.63, 3.8) is 0 Å². The molecule has 0 radical (unpaired) electrons. The summed E-state index contributed by atoms with van der Waals surface area (Å²) in [6.07, 6.45) is 1.70. The summed E-state index contributed by atoms with van der Waals surface area (Å²) in [5, 5.41) is 9.55. The molecule has 2 nitrogen and oxygen atoms in total. The molecule has 1 aromatic rings. The molecule has 0 heterocycles. The molecule has 0 amide bonds. The molecule has 0 aliphatic heterocycles. The summed E-state index contributed by atoms with van der Waals surface area (Å²) < 4.78 is 1.82. The predicted octanol–water partition coefficient (Wildman–Crippen LogP) is 2.81. The molecule has 0 unspecified atom stereocenters. The van der Waals surface area contributed by atoms with Crippen molar-refractivity contribution in [1.82, 2.24) is 0 Å². The monoisotopic (exact) mass is 307 g/mol. The summed E-state index contributed by atoms with van der Waals surface area (Å²) in [7, 11) is 0. The number of phenolic OH excluding ortho intramolecular Hbond substituents is 1. The van der Waals surface area contributed by atoms with E-state index < -0.39 is 0 Å². The van der Waals surface area contributed by atoms with Gasteiger partial charge in [-0.25, -0.2) is 0 Å². The van der Waals surface area contributed by atoms with Crippen LogP contribution in [0.25, 0.3) is 0 Å². The third-order valence-electron chi connectivity index (χ3n) is 1.77. The first-order valence-electron chi connectivity index (χ1n) is 4.02. The standard InChI is InChI=1S/C9H11Br2NO/c10-7-4-6(2-1-3-12)9(13)5-8(7)11/h4-5,13H,1-3,12H2. The van der Waals surface area contributed by atoms with Gasteiger partial charge in [0.15, 0.2) is 0 Å². The second-order valence-corrected chi connectivity index (χ2v) is 4.50. The molecule has 72 valence electrons. The number of rotatable bonds is 3. The number of halogens is 2. The lowest BCUT2D eigenvalue weighted by Crippen LogP contribution is -2.00. The van der Waals surface area contributed by atoms with Gasteiger partial charge >= 0.3 is 0 Å². The molecule has 0 aliphatic rings. The number of hydrogen-bond acceptors (Lipinski definition) is 2. The Balaban J connectivity index is 2.88. The normalized spacial score (nSPS) is 10.4. The predicted molar refractivity (Wildman–Crippen MR) is 60.9 cm³/mol. The van der Waals surface area contributed by atoms with Crippen LogP contribution in [-0.2, 0) is 6.42 Å². The number of benzene rings is 1. The molecule has 13 heavy (non-hydrogen) atoms. The molecule has 4 heteroatoms. The highest BCUT2D eigenvalue weighted by Crippen LogP contribution is 2.30. The van der Waals surface area contributed by atoms with Crippen molar-refractivity contribution < 1.29 is 5.11 Å². The summed E-state index contributed by atoms with van der Waals surface area (Å²) in [5.41, 5.74) is 6.32. The fourth-order valence-corrected chi connectivity index (χ4v) is 1.79. The SMILES string of the molecule is NCCCc1cc(Br)c(Br)cc1O. The molecule has 0 aromatic heterocycles. The maximum atomic E-state index is 9.55. The Morgan fingerprint density at radius 1 is 1.23 bits per heavy atom. The second-order valence-electron chi connectivity index (χ2n) is 2.79. The molecule has 0 fully saturated rings. The van der Waals surface area contributed by atoms with Gasteiger partial charge in [-0.1, -0.05) is 0 Å². The molecular formula is C9H11Br2NO. The first-order valence-corrected chi connectivity index (χ1v) is 5.60. The maximum Gasteiger partial charge on any atom is 0.119 e. The average Bonchev–Trinajstić information content (AvgIpc) is 2.09. The number of aromatic hydroxyl groups is 1. The zero-order chi connectivity index (χ0) is 9.84. The first-order chi connectivity index (χ1) is 6.15. The van der Waals surface area contributed by atoms with Crippen LogP contribution in [0.5, 0.6) is 5.75 Å². The number of nitrogens with two attached hydrogens (primary N) is 1. The van der Waals surface area contributed by atoms with Gasteiger partial charge in [-0.3, -0.25) is 0 Å². The lowest BCUT2D eigenvalue weighted by atomic mass is 10.1. The lowest BCUT2D eigenvalue weighted by molar-refractivity contribution is 0.466. The third kappa shape index (κ3) is 2.97. The van der Waals surface area contributed by atoms with Gasteiger partial charge in [0.2, 0.25) is 0 Å². The topological polar surface area (TPSA) is 46.2 Å². The summed E-state index contributed by atoms with van der Waals surface area (Å²) in [4.78, 5) is 0. The summed E-state index contributed by atoms with van der Waals surface area (Å²) in [6, 6.07) is 3.60. The van der Waals surface area contributed by atoms with E-state index in [2.05, 4.69) is 31.9 Å². The summed E-state index contributed by atoms with van der Waals surface area (Å²) in [6.45, 7) is 0.646. The van der Waals surface area contributed by atoms with Crippen LogP contribution in [0.15, 0.2) is 21.1 Å². The Labute approximate surface area is 94.4 Å². The minimum absolute atomic E-state index is 0.323. The van der Waals surface area contributed by atoms with Crippen LogP contribution >= 0.6 is 31.9 Å². The van der Waals surface area contributed by atoms with Gasteiger partial charge in [0.25, 0.3) is 0 Å². The molecule has 0 saturated carbocycles. The van der Waals surface area contributed by atoms with Crippen molar-refractivity contribution in [2.75, 3.05) is 6.54 Å². The van der Waals surface area contributed by atoms with Crippen molar-refractivity contribution in [2.24, 2.45) is 5.73 Å². The Kier molecular flexibility index (Phi) is 4.22. The third-order valence-corrected chi connectivity index (χ3v) is 3.62. The summed E-state index contributed by atoms with van der Waals surface area (Å²) in [5.74, 6) is 0.323. The van der Waals surface area contributed by atoms with Gasteiger partial charge in [0, 0.05) is 8.95 Å². The van der Waals surface area contributed by atoms with Crippen molar-refractivity contribution in [1.29, 1.82) is 0 Å². The Morgan fingerprint density at radius 3 is 2.46 bits per heavy atom. The first kappa shape index (κ1) is 11.0.